The molecular formula is C15H17O-. The van der Waals surface area contributed by atoms with E-state index in [1.807, 2.05) is 30.3 Å². The van der Waals surface area contributed by atoms with Gasteiger partial charge in [0.15, 0.2) is 0 Å². The van der Waals surface area contributed by atoms with Gasteiger partial charge in [-0.3, -0.25) is 0 Å². The summed E-state index contributed by atoms with van der Waals surface area (Å²) in [5, 5.41) is 0. The van der Waals surface area contributed by atoms with E-state index in [-0.39, 0.29) is 7.43 Å². The highest BCUT2D eigenvalue weighted by molar-refractivity contribution is 5.26. The SMILES string of the molecule is Cc1ccc(OCc2ccccc2)cc1.[CH3-]. The zero-order valence-electron chi connectivity index (χ0n) is 9.81. The van der Waals surface area contributed by atoms with Crippen molar-refractivity contribution >= 4 is 0 Å². The smallest absolute Gasteiger partial charge is 0.119 e. The average molecular weight is 213 g/mol. The Morgan fingerprint density at radius 3 is 2.12 bits per heavy atom. The fourth-order valence-corrected chi connectivity index (χ4v) is 1.38. The van der Waals surface area contributed by atoms with Crippen molar-refractivity contribution in [3.63, 3.8) is 0 Å². The van der Waals surface area contributed by atoms with Crippen molar-refractivity contribution in [3.05, 3.63) is 73.2 Å². The van der Waals surface area contributed by atoms with Crippen LogP contribution in [0.4, 0.5) is 0 Å². The molecule has 84 valence electrons. The van der Waals surface area contributed by atoms with Crippen molar-refractivity contribution in [2.45, 2.75) is 13.5 Å². The lowest BCUT2D eigenvalue weighted by Gasteiger charge is -2.06. The van der Waals surface area contributed by atoms with E-state index in [1.54, 1.807) is 0 Å². The molecule has 0 fully saturated rings. The molecule has 0 aliphatic carbocycles. The van der Waals surface area contributed by atoms with Crippen LogP contribution in [0.1, 0.15) is 11.1 Å². The van der Waals surface area contributed by atoms with Gasteiger partial charge in [0.2, 0.25) is 0 Å². The van der Waals surface area contributed by atoms with E-state index in [9.17, 15) is 0 Å². The summed E-state index contributed by atoms with van der Waals surface area (Å²) in [5.41, 5.74) is 2.44. The van der Waals surface area contributed by atoms with Crippen molar-refractivity contribution in [1.29, 1.82) is 0 Å². The summed E-state index contributed by atoms with van der Waals surface area (Å²) in [7, 11) is 0. The van der Waals surface area contributed by atoms with Gasteiger partial charge in [0.1, 0.15) is 12.4 Å². The van der Waals surface area contributed by atoms with E-state index in [1.165, 1.54) is 11.1 Å². The molecule has 0 bridgehead atoms. The van der Waals surface area contributed by atoms with Crippen molar-refractivity contribution in [2.75, 3.05) is 0 Å². The molecule has 0 unspecified atom stereocenters. The third-order valence-electron chi connectivity index (χ3n) is 2.27. The van der Waals surface area contributed by atoms with Crippen molar-refractivity contribution in [1.82, 2.24) is 0 Å². The molecule has 0 amide bonds. The lowest BCUT2D eigenvalue weighted by Crippen LogP contribution is -1.94. The second kappa shape index (κ2) is 5.96. The van der Waals surface area contributed by atoms with Crippen LogP contribution in [-0.4, -0.2) is 0 Å². The molecule has 2 rings (SSSR count). The predicted molar refractivity (Wildman–Crippen MR) is 68.4 cm³/mol. The topological polar surface area (TPSA) is 9.23 Å². The van der Waals surface area contributed by atoms with Gasteiger partial charge < -0.3 is 12.2 Å². The second-order valence-electron chi connectivity index (χ2n) is 3.59. The summed E-state index contributed by atoms with van der Waals surface area (Å²) in [4.78, 5) is 0. The van der Waals surface area contributed by atoms with Gasteiger partial charge in [-0.1, -0.05) is 48.0 Å². The van der Waals surface area contributed by atoms with E-state index in [4.69, 9.17) is 4.74 Å². The maximum absolute atomic E-state index is 5.65. The number of benzene rings is 2. The van der Waals surface area contributed by atoms with Crippen molar-refractivity contribution in [3.8, 4) is 5.75 Å². The molecular weight excluding hydrogens is 196 g/mol. The molecule has 0 aliphatic heterocycles. The Balaban J connectivity index is 0.00000128. The fraction of sp³-hybridized carbons (Fsp3) is 0.133. The third kappa shape index (κ3) is 3.43. The van der Waals surface area contributed by atoms with Gasteiger partial charge in [-0.15, -0.1) is 0 Å². The minimum atomic E-state index is 0. The summed E-state index contributed by atoms with van der Waals surface area (Å²) in [6, 6.07) is 18.3. The second-order valence-corrected chi connectivity index (χ2v) is 3.59. The molecule has 0 N–H and O–H groups in total. The van der Waals surface area contributed by atoms with Crippen LogP contribution in [0, 0.1) is 14.4 Å². The largest absolute Gasteiger partial charge is 0.489 e. The van der Waals surface area contributed by atoms with Crippen LogP contribution in [0.3, 0.4) is 0 Å². The summed E-state index contributed by atoms with van der Waals surface area (Å²) < 4.78 is 5.65. The monoisotopic (exact) mass is 213 g/mol. The first-order chi connectivity index (χ1) is 7.34. The Labute approximate surface area is 97.7 Å². The summed E-state index contributed by atoms with van der Waals surface area (Å²) in [6.45, 7) is 2.70. The molecule has 16 heavy (non-hydrogen) atoms. The van der Waals surface area contributed by atoms with Gasteiger partial charge in [0.25, 0.3) is 0 Å². The first kappa shape index (κ1) is 12.3. The molecule has 1 heteroatoms. The van der Waals surface area contributed by atoms with Crippen LogP contribution >= 0.6 is 0 Å². The molecule has 0 aliphatic rings. The summed E-state index contributed by atoms with van der Waals surface area (Å²) in [6.07, 6.45) is 0. The zero-order valence-corrected chi connectivity index (χ0v) is 9.81. The molecule has 0 radical (unpaired) electrons. The molecule has 0 saturated heterocycles. The van der Waals surface area contributed by atoms with Gasteiger partial charge in [-0.05, 0) is 24.6 Å². The Morgan fingerprint density at radius 1 is 0.875 bits per heavy atom. The first-order valence-electron chi connectivity index (χ1n) is 5.08. The number of aryl methyl sites for hydroxylation is 1. The van der Waals surface area contributed by atoms with Crippen LogP contribution < -0.4 is 4.74 Å². The van der Waals surface area contributed by atoms with Crippen LogP contribution in [-0.2, 0) is 6.61 Å². The van der Waals surface area contributed by atoms with Crippen molar-refractivity contribution < 1.29 is 4.74 Å². The predicted octanol–water partition coefficient (Wildman–Crippen LogP) is 4.02. The lowest BCUT2D eigenvalue weighted by molar-refractivity contribution is 0.306. The number of ether oxygens (including phenoxy) is 1. The summed E-state index contributed by atoms with van der Waals surface area (Å²) >= 11 is 0. The van der Waals surface area contributed by atoms with Gasteiger partial charge >= 0.3 is 0 Å². The normalized spacial score (nSPS) is 9.31. The van der Waals surface area contributed by atoms with Crippen molar-refractivity contribution in [2.24, 2.45) is 0 Å². The van der Waals surface area contributed by atoms with Crippen LogP contribution in [0.2, 0.25) is 0 Å². The van der Waals surface area contributed by atoms with Crippen LogP contribution in [0.15, 0.2) is 54.6 Å². The number of hydrogen-bond acceptors (Lipinski definition) is 1. The highest BCUT2D eigenvalue weighted by Crippen LogP contribution is 2.13. The van der Waals surface area contributed by atoms with Gasteiger partial charge in [-0.2, -0.15) is 0 Å². The van der Waals surface area contributed by atoms with Crippen LogP contribution in [0.5, 0.6) is 5.75 Å². The molecule has 0 saturated carbocycles. The Bertz CT molecular complexity index is 403. The lowest BCUT2D eigenvalue weighted by atomic mass is 10.2. The molecule has 2 aromatic rings. The molecule has 0 atom stereocenters. The van der Waals surface area contributed by atoms with Gasteiger partial charge in [-0.25, -0.2) is 0 Å². The molecule has 0 spiro atoms. The minimum Gasteiger partial charge on any atom is -0.489 e. The highest BCUT2D eigenvalue weighted by Gasteiger charge is 1.94. The Kier molecular flexibility index (Phi) is 4.59. The minimum absolute atomic E-state index is 0. The van der Waals surface area contributed by atoms with E-state index < -0.39 is 0 Å². The number of rotatable bonds is 3. The number of hydrogen-bond donors (Lipinski definition) is 0. The molecule has 0 heterocycles. The maximum Gasteiger partial charge on any atom is 0.119 e. The van der Waals surface area contributed by atoms with Crippen LogP contribution in [0.25, 0.3) is 0 Å². The third-order valence-corrected chi connectivity index (χ3v) is 2.27. The maximum atomic E-state index is 5.65. The summed E-state index contributed by atoms with van der Waals surface area (Å²) in [5.74, 6) is 0.921. The molecule has 0 aromatic heterocycles. The molecule has 1 nitrogen and oxygen atoms in total. The van der Waals surface area contributed by atoms with E-state index in [0.717, 1.165) is 5.75 Å². The van der Waals surface area contributed by atoms with E-state index in [2.05, 4.69) is 31.2 Å². The Morgan fingerprint density at radius 2 is 1.50 bits per heavy atom. The fourth-order valence-electron chi connectivity index (χ4n) is 1.38. The van der Waals surface area contributed by atoms with Gasteiger partial charge in [0, 0.05) is 0 Å². The standard InChI is InChI=1S/C14H14O.CH3/c1-12-7-9-14(10-8-12)15-11-13-5-3-2-4-6-13;/h2-10H,11H2,1H3;1H3/q;-1. The average Bonchev–Trinajstić information content (AvgIpc) is 2.30. The van der Waals surface area contributed by atoms with Gasteiger partial charge in [0.05, 0.1) is 0 Å². The zero-order chi connectivity index (χ0) is 10.5. The highest BCUT2D eigenvalue weighted by atomic mass is 16.5. The quantitative estimate of drug-likeness (QED) is 0.699. The Hall–Kier alpha value is -1.76. The van der Waals surface area contributed by atoms with E-state index >= 15 is 0 Å². The molecule has 2 aromatic carbocycles. The van der Waals surface area contributed by atoms with E-state index in [0.29, 0.717) is 6.61 Å². The first-order valence-corrected chi connectivity index (χ1v) is 5.08.